The standard InChI is InChI=1S/C27H23FO10S/c1-3-33-26(31)22-11-16(29)24-18(7-5-9-20(24)37-22)35-13-15(39-28)14-36-19-8-6-10-21-25(19)17(30)12-23(38-21)27(32)34-4-2/h5-12,15H,3-4,13-14H2,1-2H3. The Labute approximate surface area is 224 Å². The Balaban J connectivity index is 1.50. The van der Waals surface area contributed by atoms with E-state index < -0.39 is 28.0 Å². The molecule has 0 aliphatic rings. The molecule has 10 nitrogen and oxygen atoms in total. The van der Waals surface area contributed by atoms with Gasteiger partial charge in [-0.25, -0.2) is 9.59 Å². The first-order valence-corrected chi connectivity index (χ1v) is 12.6. The smallest absolute Gasteiger partial charge is 0.374 e. The predicted molar refractivity (Wildman–Crippen MR) is 140 cm³/mol. The first-order valence-electron chi connectivity index (χ1n) is 11.9. The van der Waals surface area contributed by atoms with Crippen LogP contribution in [-0.4, -0.2) is 43.6 Å². The van der Waals surface area contributed by atoms with Crippen molar-refractivity contribution in [3.8, 4) is 11.5 Å². The predicted octanol–water partition coefficient (Wildman–Crippen LogP) is 4.70. The van der Waals surface area contributed by atoms with Crippen LogP contribution in [-0.2, 0) is 9.47 Å². The summed E-state index contributed by atoms with van der Waals surface area (Å²) >= 11 is -0.0243. The summed E-state index contributed by atoms with van der Waals surface area (Å²) in [6.07, 6.45) is 0. The Kier molecular flexibility index (Phi) is 8.87. The summed E-state index contributed by atoms with van der Waals surface area (Å²) in [5, 5.41) is -0.691. The van der Waals surface area contributed by atoms with Crippen molar-refractivity contribution in [2.24, 2.45) is 0 Å². The summed E-state index contributed by atoms with van der Waals surface area (Å²) in [4.78, 5) is 49.3. The molecule has 4 rings (SSSR count). The minimum Gasteiger partial charge on any atom is -0.491 e. The van der Waals surface area contributed by atoms with Crippen LogP contribution in [0.3, 0.4) is 0 Å². The summed E-state index contributed by atoms with van der Waals surface area (Å²) in [5.41, 5.74) is -0.845. The van der Waals surface area contributed by atoms with E-state index in [0.717, 1.165) is 12.1 Å². The van der Waals surface area contributed by atoms with Gasteiger partial charge in [-0.05, 0) is 38.1 Å². The van der Waals surface area contributed by atoms with E-state index >= 15 is 0 Å². The fourth-order valence-electron chi connectivity index (χ4n) is 3.67. The van der Waals surface area contributed by atoms with Crippen LogP contribution in [0, 0.1) is 0 Å². The van der Waals surface area contributed by atoms with Gasteiger partial charge in [0.1, 0.15) is 51.9 Å². The average molecular weight is 559 g/mol. The minimum atomic E-state index is -0.854. The van der Waals surface area contributed by atoms with E-state index in [1.54, 1.807) is 26.0 Å². The van der Waals surface area contributed by atoms with Crippen molar-refractivity contribution in [3.63, 3.8) is 0 Å². The summed E-state index contributed by atoms with van der Waals surface area (Å²) in [7, 11) is 0. The van der Waals surface area contributed by atoms with Crippen molar-refractivity contribution in [1.29, 1.82) is 0 Å². The molecule has 2 aromatic carbocycles. The van der Waals surface area contributed by atoms with E-state index in [4.69, 9.17) is 27.8 Å². The Morgan fingerprint density at radius 3 is 1.62 bits per heavy atom. The molecule has 0 saturated heterocycles. The van der Waals surface area contributed by atoms with Crippen LogP contribution >= 0.6 is 12.1 Å². The maximum absolute atomic E-state index is 13.8. The third-order valence-corrected chi connectivity index (χ3v) is 5.89. The van der Waals surface area contributed by atoms with Crippen LogP contribution in [0.5, 0.6) is 11.5 Å². The molecule has 2 aromatic heterocycles. The number of halogens is 1. The number of ether oxygens (including phenoxy) is 4. The fourth-order valence-corrected chi connectivity index (χ4v) is 3.91. The molecule has 0 N–H and O–H groups in total. The van der Waals surface area contributed by atoms with Gasteiger partial charge in [0, 0.05) is 12.1 Å². The van der Waals surface area contributed by atoms with E-state index in [9.17, 15) is 23.1 Å². The molecule has 0 radical (unpaired) electrons. The maximum atomic E-state index is 13.8. The SMILES string of the molecule is CCOC(=O)c1cc(=O)c2c(OCC(COc3cccc4oc(C(=O)OCC)cc(=O)c34)SF)cccc2o1. The van der Waals surface area contributed by atoms with Crippen molar-refractivity contribution in [3.05, 3.63) is 80.5 Å². The molecule has 39 heavy (non-hydrogen) atoms. The molecule has 4 aromatic rings. The van der Waals surface area contributed by atoms with E-state index in [2.05, 4.69) is 0 Å². The second-order valence-electron chi connectivity index (χ2n) is 7.98. The van der Waals surface area contributed by atoms with Gasteiger partial charge in [0.2, 0.25) is 11.5 Å². The number of carbonyl (C=O) groups is 2. The third-order valence-electron chi connectivity index (χ3n) is 5.36. The highest BCUT2D eigenvalue weighted by Gasteiger charge is 2.20. The number of hydrogen-bond donors (Lipinski definition) is 0. The third kappa shape index (κ3) is 6.23. The van der Waals surface area contributed by atoms with Gasteiger partial charge in [-0.2, -0.15) is 3.89 Å². The Hall–Kier alpha value is -4.32. The Bertz CT molecular complexity index is 1510. The van der Waals surface area contributed by atoms with Crippen LogP contribution in [0.1, 0.15) is 35.0 Å². The molecule has 0 aliphatic carbocycles. The number of benzene rings is 2. The molecular weight excluding hydrogens is 535 g/mol. The number of carbonyl (C=O) groups excluding carboxylic acids is 2. The topological polar surface area (TPSA) is 131 Å². The van der Waals surface area contributed by atoms with Gasteiger partial charge in [0.15, 0.2) is 10.9 Å². The average Bonchev–Trinajstić information content (AvgIpc) is 2.93. The molecule has 0 unspecified atom stereocenters. The van der Waals surface area contributed by atoms with Gasteiger partial charge in [-0.15, -0.1) is 0 Å². The molecule has 0 aliphatic heterocycles. The lowest BCUT2D eigenvalue weighted by molar-refractivity contribution is 0.0482. The first kappa shape index (κ1) is 27.7. The van der Waals surface area contributed by atoms with E-state index in [1.807, 2.05) is 0 Å². The summed E-state index contributed by atoms with van der Waals surface area (Å²) in [6, 6.07) is 11.2. The monoisotopic (exact) mass is 558 g/mol. The van der Waals surface area contributed by atoms with Crippen LogP contribution in [0.2, 0.25) is 0 Å². The minimum absolute atomic E-state index is 0.0243. The molecule has 12 heteroatoms. The second kappa shape index (κ2) is 12.5. The highest BCUT2D eigenvalue weighted by molar-refractivity contribution is 7.95. The molecule has 0 fully saturated rings. The largest absolute Gasteiger partial charge is 0.491 e. The lowest BCUT2D eigenvalue weighted by Crippen LogP contribution is -2.22. The van der Waals surface area contributed by atoms with Crippen molar-refractivity contribution in [1.82, 2.24) is 0 Å². The number of hydrogen-bond acceptors (Lipinski definition) is 11. The van der Waals surface area contributed by atoms with Crippen molar-refractivity contribution in [2.75, 3.05) is 26.4 Å². The Morgan fingerprint density at radius 2 is 1.23 bits per heavy atom. The Morgan fingerprint density at radius 1 is 0.795 bits per heavy atom. The van der Waals surface area contributed by atoms with Crippen LogP contribution in [0.25, 0.3) is 21.9 Å². The molecule has 0 amide bonds. The van der Waals surface area contributed by atoms with Crippen molar-refractivity contribution in [2.45, 2.75) is 19.1 Å². The summed E-state index contributed by atoms with van der Waals surface area (Å²) < 4.78 is 45.9. The zero-order chi connectivity index (χ0) is 27.9. The molecule has 0 atom stereocenters. The van der Waals surface area contributed by atoms with Gasteiger partial charge < -0.3 is 27.8 Å². The zero-order valence-electron chi connectivity index (χ0n) is 20.9. The quantitative estimate of drug-likeness (QED) is 0.237. The van der Waals surface area contributed by atoms with Crippen LogP contribution in [0.4, 0.5) is 3.89 Å². The summed E-state index contributed by atoms with van der Waals surface area (Å²) in [6.45, 7) is 3.09. The number of fused-ring (bicyclic) bond motifs is 2. The van der Waals surface area contributed by atoms with Gasteiger partial charge >= 0.3 is 11.9 Å². The zero-order valence-corrected chi connectivity index (χ0v) is 21.7. The second-order valence-corrected chi connectivity index (χ2v) is 8.83. The highest BCUT2D eigenvalue weighted by Crippen LogP contribution is 2.27. The molecule has 0 saturated carbocycles. The molecule has 2 heterocycles. The molecule has 204 valence electrons. The molecular formula is C27H23FO10S. The van der Waals surface area contributed by atoms with Crippen LogP contribution < -0.4 is 20.3 Å². The number of esters is 2. The van der Waals surface area contributed by atoms with Crippen molar-refractivity contribution >= 4 is 46.0 Å². The van der Waals surface area contributed by atoms with Gasteiger partial charge in [0.25, 0.3) is 0 Å². The molecule has 0 bridgehead atoms. The van der Waals surface area contributed by atoms with Gasteiger partial charge in [-0.3, -0.25) is 9.59 Å². The first-order chi connectivity index (χ1) is 18.9. The highest BCUT2D eigenvalue weighted by atomic mass is 32.2. The number of rotatable bonds is 11. The fraction of sp³-hybridized carbons (Fsp3) is 0.259. The normalized spacial score (nSPS) is 11.1. The maximum Gasteiger partial charge on any atom is 0.374 e. The van der Waals surface area contributed by atoms with Crippen LogP contribution in [0.15, 0.2) is 67.0 Å². The molecule has 0 spiro atoms. The lowest BCUT2D eigenvalue weighted by atomic mass is 10.2. The van der Waals surface area contributed by atoms with Gasteiger partial charge in [0.05, 0.1) is 25.4 Å². The van der Waals surface area contributed by atoms with Gasteiger partial charge in [-0.1, -0.05) is 12.1 Å². The van der Waals surface area contributed by atoms with E-state index in [-0.39, 0.29) is 83.5 Å². The van der Waals surface area contributed by atoms with E-state index in [0.29, 0.717) is 0 Å². The summed E-state index contributed by atoms with van der Waals surface area (Å²) in [5.74, 6) is -1.76. The van der Waals surface area contributed by atoms with Crippen molar-refractivity contribution < 1.29 is 41.3 Å². The van der Waals surface area contributed by atoms with E-state index in [1.165, 1.54) is 24.3 Å². The lowest BCUT2D eigenvalue weighted by Gasteiger charge is -2.16.